The van der Waals surface area contributed by atoms with E-state index in [0.29, 0.717) is 22.7 Å². The van der Waals surface area contributed by atoms with Crippen molar-refractivity contribution in [1.82, 2.24) is 15.1 Å². The Labute approximate surface area is 142 Å². The molecule has 5 heteroatoms. The molecule has 0 aliphatic carbocycles. The van der Waals surface area contributed by atoms with E-state index in [2.05, 4.69) is 28.2 Å². The molecule has 1 aliphatic heterocycles. The van der Waals surface area contributed by atoms with E-state index >= 15 is 0 Å². The van der Waals surface area contributed by atoms with Gasteiger partial charge in [0, 0.05) is 12.1 Å². The van der Waals surface area contributed by atoms with Crippen LogP contribution in [0.15, 0.2) is 24.3 Å². The first-order valence-electron chi connectivity index (χ1n) is 8.32. The maximum atomic E-state index is 10.1. The van der Waals surface area contributed by atoms with Gasteiger partial charge in [0.05, 0.1) is 23.0 Å². The van der Waals surface area contributed by atoms with Crippen LogP contribution in [0.5, 0.6) is 5.75 Å². The van der Waals surface area contributed by atoms with Crippen LogP contribution >= 0.6 is 0 Å². The number of hydrogen-bond donors (Lipinski definition) is 1. The van der Waals surface area contributed by atoms with Crippen molar-refractivity contribution in [3.63, 3.8) is 0 Å². The number of hydrogen-bond acceptors (Lipinski definition) is 5. The van der Waals surface area contributed by atoms with Crippen LogP contribution in [0.2, 0.25) is 0 Å². The minimum absolute atomic E-state index is 0.0631. The fraction of sp³-hybridized carbons (Fsp3) is 0.421. The van der Waals surface area contributed by atoms with Gasteiger partial charge in [-0.3, -0.25) is 0 Å². The second-order valence-corrected chi connectivity index (χ2v) is 6.69. The molecule has 1 aliphatic rings. The minimum atomic E-state index is 0.0631. The quantitative estimate of drug-likeness (QED) is 0.940. The average molecular weight is 322 g/mol. The summed E-state index contributed by atoms with van der Waals surface area (Å²) < 4.78 is 0. The Morgan fingerprint density at radius 2 is 2.17 bits per heavy atom. The van der Waals surface area contributed by atoms with Crippen LogP contribution < -0.4 is 0 Å². The molecule has 5 nitrogen and oxygen atoms in total. The number of aryl methyl sites for hydroxylation is 1. The fourth-order valence-corrected chi connectivity index (χ4v) is 3.44. The molecule has 1 aromatic heterocycles. The summed E-state index contributed by atoms with van der Waals surface area (Å²) in [7, 11) is 2.17. The number of phenols is 1. The fourth-order valence-electron chi connectivity index (χ4n) is 3.44. The molecule has 1 fully saturated rings. The summed E-state index contributed by atoms with van der Waals surface area (Å²) in [5.41, 5.74) is 3.71. The number of phenolic OH excluding ortho intramolecular Hbond substituents is 1. The maximum Gasteiger partial charge on any atom is 0.126 e. The number of aromatic hydroxyl groups is 1. The number of nitriles is 1. The molecule has 24 heavy (non-hydrogen) atoms. The van der Waals surface area contributed by atoms with Gasteiger partial charge in [0.2, 0.25) is 0 Å². The van der Waals surface area contributed by atoms with Crippen molar-refractivity contribution in [1.29, 1.82) is 5.26 Å². The minimum Gasteiger partial charge on any atom is -0.507 e. The van der Waals surface area contributed by atoms with Gasteiger partial charge in [-0.05, 0) is 75.5 Å². The van der Waals surface area contributed by atoms with E-state index in [1.807, 2.05) is 13.0 Å². The summed E-state index contributed by atoms with van der Waals surface area (Å²) in [6.07, 6.45) is 3.42. The highest BCUT2D eigenvalue weighted by molar-refractivity contribution is 5.70. The molecule has 0 unspecified atom stereocenters. The topological polar surface area (TPSA) is 73.0 Å². The molecule has 0 saturated carbocycles. The van der Waals surface area contributed by atoms with Crippen molar-refractivity contribution in [2.45, 2.75) is 26.2 Å². The first-order valence-corrected chi connectivity index (χ1v) is 8.32. The molecule has 1 N–H and O–H groups in total. The van der Waals surface area contributed by atoms with E-state index in [1.54, 1.807) is 12.1 Å². The van der Waals surface area contributed by atoms with Crippen molar-refractivity contribution < 1.29 is 5.11 Å². The van der Waals surface area contributed by atoms with Gasteiger partial charge in [0.1, 0.15) is 5.75 Å². The van der Waals surface area contributed by atoms with Crippen molar-refractivity contribution in [3.8, 4) is 23.1 Å². The van der Waals surface area contributed by atoms with Gasteiger partial charge in [-0.1, -0.05) is 0 Å². The lowest BCUT2D eigenvalue weighted by atomic mass is 9.93. The molecular formula is C19H22N4O. The van der Waals surface area contributed by atoms with Gasteiger partial charge in [0.15, 0.2) is 0 Å². The van der Waals surface area contributed by atoms with Crippen LogP contribution in [0, 0.1) is 24.2 Å². The molecule has 1 aromatic carbocycles. The van der Waals surface area contributed by atoms with Crippen molar-refractivity contribution >= 4 is 0 Å². The predicted octanol–water partition coefficient (Wildman–Crippen LogP) is 2.91. The zero-order valence-electron chi connectivity index (χ0n) is 14.2. The number of nitrogens with zero attached hydrogens (tertiary/aromatic N) is 4. The van der Waals surface area contributed by atoms with Crippen LogP contribution in [-0.4, -0.2) is 40.3 Å². The zero-order valence-corrected chi connectivity index (χ0v) is 14.2. The van der Waals surface area contributed by atoms with Crippen LogP contribution in [0.4, 0.5) is 0 Å². The normalized spacial score (nSPS) is 18.3. The third-order valence-electron chi connectivity index (χ3n) is 4.64. The summed E-state index contributed by atoms with van der Waals surface area (Å²) in [6.45, 7) is 4.27. The van der Waals surface area contributed by atoms with E-state index in [4.69, 9.17) is 5.26 Å². The SMILES string of the molecule is Cc1cc(C[C@@H]2CCCN(C)C2)nnc1-c1ccc(C#N)cc1O. The largest absolute Gasteiger partial charge is 0.507 e. The summed E-state index contributed by atoms with van der Waals surface area (Å²) in [5.74, 6) is 0.694. The molecule has 124 valence electrons. The number of rotatable bonds is 3. The Morgan fingerprint density at radius 3 is 2.83 bits per heavy atom. The Hall–Kier alpha value is -2.45. The van der Waals surface area contributed by atoms with E-state index in [1.165, 1.54) is 25.5 Å². The summed E-state index contributed by atoms with van der Waals surface area (Å²) in [6, 6.07) is 8.95. The van der Waals surface area contributed by atoms with Crippen molar-refractivity contribution in [3.05, 3.63) is 41.1 Å². The molecule has 0 amide bonds. The lowest BCUT2D eigenvalue weighted by Gasteiger charge is -2.29. The average Bonchev–Trinajstić information content (AvgIpc) is 2.55. The first-order chi connectivity index (χ1) is 11.6. The highest BCUT2D eigenvalue weighted by Gasteiger charge is 2.19. The Morgan fingerprint density at radius 1 is 1.33 bits per heavy atom. The Bertz CT molecular complexity index is 781. The first kappa shape index (κ1) is 16.4. The summed E-state index contributed by atoms with van der Waals surface area (Å²) >= 11 is 0. The standard InChI is InChI=1S/C19H22N4O/c1-13-8-16(9-15-4-3-7-23(2)12-15)21-22-19(13)17-6-5-14(11-20)10-18(17)24/h5-6,8,10,15,24H,3-4,7,9,12H2,1-2H3/t15-/m0/s1. The van der Waals surface area contributed by atoms with Gasteiger partial charge in [-0.2, -0.15) is 10.4 Å². The number of benzene rings is 1. The molecular weight excluding hydrogens is 300 g/mol. The van der Waals surface area contributed by atoms with Crippen molar-refractivity contribution in [2.24, 2.45) is 5.92 Å². The van der Waals surface area contributed by atoms with Gasteiger partial charge in [-0.25, -0.2) is 0 Å². The van der Waals surface area contributed by atoms with E-state index in [-0.39, 0.29) is 5.75 Å². The van der Waals surface area contributed by atoms with E-state index in [0.717, 1.165) is 24.2 Å². The highest BCUT2D eigenvalue weighted by atomic mass is 16.3. The van der Waals surface area contributed by atoms with Crippen LogP contribution in [0.1, 0.15) is 29.7 Å². The van der Waals surface area contributed by atoms with E-state index in [9.17, 15) is 5.11 Å². The highest BCUT2D eigenvalue weighted by Crippen LogP contribution is 2.30. The van der Waals surface area contributed by atoms with Gasteiger partial charge in [-0.15, -0.1) is 5.10 Å². The number of aromatic nitrogens is 2. The molecule has 0 radical (unpaired) electrons. The Kier molecular flexibility index (Phi) is 4.77. The van der Waals surface area contributed by atoms with Crippen LogP contribution in [0.25, 0.3) is 11.3 Å². The zero-order chi connectivity index (χ0) is 17.1. The smallest absolute Gasteiger partial charge is 0.126 e. The monoisotopic (exact) mass is 322 g/mol. The van der Waals surface area contributed by atoms with Crippen molar-refractivity contribution in [2.75, 3.05) is 20.1 Å². The molecule has 2 heterocycles. The second kappa shape index (κ2) is 6.98. The second-order valence-electron chi connectivity index (χ2n) is 6.69. The Balaban J connectivity index is 1.81. The summed E-state index contributed by atoms with van der Waals surface area (Å²) in [5, 5.41) is 27.7. The van der Waals surface area contributed by atoms with E-state index < -0.39 is 0 Å². The summed E-state index contributed by atoms with van der Waals surface area (Å²) in [4.78, 5) is 2.37. The van der Waals surface area contributed by atoms with Gasteiger partial charge < -0.3 is 10.0 Å². The van der Waals surface area contributed by atoms with Crippen LogP contribution in [0.3, 0.4) is 0 Å². The number of likely N-dealkylation sites (tertiary alicyclic amines) is 1. The predicted molar refractivity (Wildman–Crippen MR) is 92.5 cm³/mol. The lowest BCUT2D eigenvalue weighted by Crippen LogP contribution is -2.33. The van der Waals surface area contributed by atoms with Gasteiger partial charge >= 0.3 is 0 Å². The molecule has 1 saturated heterocycles. The molecule has 0 bridgehead atoms. The third kappa shape index (κ3) is 3.55. The number of piperidine rings is 1. The van der Waals surface area contributed by atoms with Crippen LogP contribution in [-0.2, 0) is 6.42 Å². The third-order valence-corrected chi connectivity index (χ3v) is 4.64. The molecule has 0 spiro atoms. The molecule has 1 atom stereocenters. The van der Waals surface area contributed by atoms with Gasteiger partial charge in [0.25, 0.3) is 0 Å². The lowest BCUT2D eigenvalue weighted by molar-refractivity contribution is 0.208. The molecule has 3 rings (SSSR count). The maximum absolute atomic E-state index is 10.1. The molecule has 2 aromatic rings.